The number of rotatable bonds is 6. The second-order valence-corrected chi connectivity index (χ2v) is 13.3. The van der Waals surface area contributed by atoms with Gasteiger partial charge in [-0.05, 0) is 25.7 Å². The monoisotopic (exact) mass is 778 g/mol. The molecule has 0 aliphatic carbocycles. The quantitative estimate of drug-likeness (QED) is 0.406. The Hall–Kier alpha value is -0.210. The van der Waals surface area contributed by atoms with Gasteiger partial charge in [0.1, 0.15) is 0 Å². The van der Waals surface area contributed by atoms with Gasteiger partial charge in [-0.2, -0.15) is 0 Å². The standard InChI is InChI=1S/2C10H14N.2C4H8O.2BrH.Hf/c2*1-4-11-10-7-5-6-8(2)9(10)3;2*1-2-4-5-3-1;;;/h2*5-7H,4H2,1-3H3;2*1-4H2;2*1H;/q2*-1;;;;;+4/p-2. The molecule has 2 aliphatic rings. The number of hydrogen-bond donors (Lipinski definition) is 0. The third kappa shape index (κ3) is 11.8. The molecule has 0 radical (unpaired) electrons. The zero-order chi connectivity index (χ0) is 24.1. The van der Waals surface area contributed by atoms with Crippen LogP contribution in [-0.4, -0.2) is 39.5 Å². The summed E-state index contributed by atoms with van der Waals surface area (Å²) in [4.78, 5) is 0. The summed E-state index contributed by atoms with van der Waals surface area (Å²) in [5.74, 6) is 0. The van der Waals surface area contributed by atoms with Gasteiger partial charge in [0.25, 0.3) is 0 Å². The fraction of sp³-hybridized carbons (Fsp3) is 0.571. The zero-order valence-electron chi connectivity index (χ0n) is 22.5. The van der Waals surface area contributed by atoms with Crippen molar-refractivity contribution < 1.29 is 66.9 Å². The van der Waals surface area contributed by atoms with Gasteiger partial charge in [0.05, 0.1) is 0 Å². The molecule has 2 aromatic rings. The van der Waals surface area contributed by atoms with E-state index >= 15 is 0 Å². The fourth-order valence-electron chi connectivity index (χ4n) is 3.81. The molecule has 0 spiro atoms. The molecule has 0 unspecified atom stereocenters. The van der Waals surface area contributed by atoms with Crippen LogP contribution in [0.1, 0.15) is 61.8 Å². The first-order valence-corrected chi connectivity index (χ1v) is 15.8. The Kier molecular flexibility index (Phi) is 19.7. The molecule has 2 aliphatic heterocycles. The van der Waals surface area contributed by atoms with Crippen LogP contribution in [0.5, 0.6) is 0 Å². The Morgan fingerprint density at radius 3 is 1.23 bits per heavy atom. The molecule has 0 amide bonds. The van der Waals surface area contributed by atoms with Crippen molar-refractivity contribution in [1.82, 2.24) is 0 Å². The van der Waals surface area contributed by atoms with E-state index in [-0.39, 0.29) is 34.0 Å². The smallest absolute Gasteiger partial charge is 1.00 e. The maximum atomic E-state index is 4.94. The van der Waals surface area contributed by atoms with Gasteiger partial charge >= 0.3 is 154 Å². The molecule has 0 saturated carbocycles. The Balaban J connectivity index is 0.000000793. The van der Waals surface area contributed by atoms with E-state index in [2.05, 4.69) is 83.7 Å². The maximum Gasteiger partial charge on any atom is -1.00 e. The minimum Gasteiger partial charge on any atom is -1.00 e. The van der Waals surface area contributed by atoms with E-state index in [1.165, 1.54) is 59.3 Å². The minimum atomic E-state index is -1.16. The van der Waals surface area contributed by atoms with E-state index in [4.69, 9.17) is 9.47 Å². The van der Waals surface area contributed by atoms with Crippen molar-refractivity contribution in [3.05, 3.63) is 58.7 Å². The first-order valence-electron chi connectivity index (χ1n) is 12.6. The number of aryl methyl sites for hydroxylation is 2. The Morgan fingerprint density at radius 2 is 0.971 bits per heavy atom. The molecule has 0 bridgehead atoms. The summed E-state index contributed by atoms with van der Waals surface area (Å²) in [6.07, 6.45) is 5.11. The van der Waals surface area contributed by atoms with E-state index in [9.17, 15) is 0 Å². The van der Waals surface area contributed by atoms with Crippen molar-refractivity contribution in [3.8, 4) is 0 Å². The van der Waals surface area contributed by atoms with Gasteiger partial charge in [-0.1, -0.05) is 0 Å². The summed E-state index contributed by atoms with van der Waals surface area (Å²) < 4.78 is 15.2. The molecule has 196 valence electrons. The van der Waals surface area contributed by atoms with Crippen LogP contribution in [0.4, 0.5) is 11.4 Å². The summed E-state index contributed by atoms with van der Waals surface area (Å²) in [5, 5.41) is 0. The van der Waals surface area contributed by atoms with Crippen LogP contribution in [-0.2, 0) is 33.0 Å². The minimum absolute atomic E-state index is 0. The molecular weight excluding hydrogens is 735 g/mol. The number of nitrogens with zero attached hydrogens (tertiary/aromatic N) is 2. The van der Waals surface area contributed by atoms with Crippen molar-refractivity contribution in [2.24, 2.45) is 0 Å². The summed E-state index contributed by atoms with van der Waals surface area (Å²) in [6, 6.07) is 13.4. The third-order valence-electron chi connectivity index (χ3n) is 6.26. The second kappa shape index (κ2) is 19.8. The molecule has 7 heteroatoms. The summed E-state index contributed by atoms with van der Waals surface area (Å²) in [5.41, 5.74) is 8.50. The zero-order valence-corrected chi connectivity index (χ0v) is 29.3. The predicted molar refractivity (Wildman–Crippen MR) is 138 cm³/mol. The fourth-order valence-corrected chi connectivity index (χ4v) is 8.39. The van der Waals surface area contributed by atoms with Crippen molar-refractivity contribution in [2.75, 3.05) is 45.3 Å². The topological polar surface area (TPSA) is 24.9 Å². The van der Waals surface area contributed by atoms with Gasteiger partial charge in [0.2, 0.25) is 0 Å². The van der Waals surface area contributed by atoms with Crippen LogP contribution in [0.2, 0.25) is 0 Å². The first kappa shape index (κ1) is 34.8. The van der Waals surface area contributed by atoms with E-state index in [1.54, 1.807) is 0 Å². The molecule has 2 heterocycles. The number of hydrogen-bond acceptors (Lipinski definition) is 4. The van der Waals surface area contributed by atoms with Crippen LogP contribution in [0.25, 0.3) is 0 Å². The number of anilines is 2. The average molecular weight is 779 g/mol. The predicted octanol–water partition coefficient (Wildman–Crippen LogP) is 0.787. The Labute approximate surface area is 247 Å². The molecule has 0 atom stereocenters. The van der Waals surface area contributed by atoms with Gasteiger partial charge in [-0.15, -0.1) is 0 Å². The van der Waals surface area contributed by atoms with Gasteiger partial charge in [0.15, 0.2) is 0 Å². The van der Waals surface area contributed by atoms with Crippen LogP contribution in [0.15, 0.2) is 36.4 Å². The summed E-state index contributed by atoms with van der Waals surface area (Å²) in [6.45, 7) is 19.7. The maximum absolute atomic E-state index is 4.94. The summed E-state index contributed by atoms with van der Waals surface area (Å²) >= 11 is -1.16. The van der Waals surface area contributed by atoms with Crippen LogP contribution >= 0.6 is 0 Å². The van der Waals surface area contributed by atoms with E-state index < -0.39 is 23.5 Å². The normalized spacial score (nSPS) is 13.7. The van der Waals surface area contributed by atoms with Crippen molar-refractivity contribution in [1.29, 1.82) is 0 Å². The molecule has 4 nitrogen and oxygen atoms in total. The first-order chi connectivity index (χ1) is 16.0. The molecule has 2 fully saturated rings. The molecular formula is C28H44Br2HfN2O2. The van der Waals surface area contributed by atoms with Crippen LogP contribution < -0.4 is 39.7 Å². The van der Waals surface area contributed by atoms with E-state index in [0.29, 0.717) is 0 Å². The van der Waals surface area contributed by atoms with Gasteiger partial charge < -0.3 is 43.4 Å². The summed E-state index contributed by atoms with van der Waals surface area (Å²) in [7, 11) is 0. The van der Waals surface area contributed by atoms with Crippen molar-refractivity contribution in [3.63, 3.8) is 0 Å². The van der Waals surface area contributed by atoms with E-state index in [0.717, 1.165) is 39.5 Å². The van der Waals surface area contributed by atoms with Gasteiger partial charge in [-0.25, -0.2) is 0 Å². The second-order valence-electron chi connectivity index (χ2n) is 8.67. The molecule has 0 aromatic heterocycles. The number of ether oxygens (including phenoxy) is 2. The Bertz CT molecular complexity index is 748. The molecule has 2 aromatic carbocycles. The van der Waals surface area contributed by atoms with Gasteiger partial charge in [-0.3, -0.25) is 0 Å². The molecule has 4 rings (SSSR count). The van der Waals surface area contributed by atoms with Crippen LogP contribution in [0, 0.1) is 27.7 Å². The molecule has 0 N–H and O–H groups in total. The largest absolute Gasteiger partial charge is 1.00 e. The van der Waals surface area contributed by atoms with Crippen molar-refractivity contribution >= 4 is 11.4 Å². The molecule has 35 heavy (non-hydrogen) atoms. The Morgan fingerprint density at radius 1 is 0.629 bits per heavy atom. The SMILES string of the molecule is C1CCOC1.C1CCOC1.CC[N]([Hf+2][N](CC)c1cccc(C)c1C)c1cccc(C)c1C.[Br-].[Br-]. The van der Waals surface area contributed by atoms with Crippen LogP contribution in [0.3, 0.4) is 0 Å². The number of halogens is 2. The average Bonchev–Trinajstić information content (AvgIpc) is 3.58. The van der Waals surface area contributed by atoms with E-state index in [1.807, 2.05) is 0 Å². The third-order valence-corrected chi connectivity index (χ3v) is 12.0. The van der Waals surface area contributed by atoms with Gasteiger partial charge in [0, 0.05) is 26.4 Å². The van der Waals surface area contributed by atoms with Crippen molar-refractivity contribution in [2.45, 2.75) is 67.2 Å². The number of benzene rings is 2. The molecule has 2 saturated heterocycles.